The quantitative estimate of drug-likeness (QED) is 0.791. The normalized spacial score (nSPS) is 21.0. The van der Waals surface area contributed by atoms with E-state index in [1.54, 1.807) is 4.90 Å². The maximum atomic E-state index is 12.3. The van der Waals surface area contributed by atoms with Gasteiger partial charge in [-0.25, -0.2) is 17.5 Å². The molecular formula is C15H30N2O4S. The van der Waals surface area contributed by atoms with Crippen molar-refractivity contribution in [1.82, 2.24) is 9.21 Å². The van der Waals surface area contributed by atoms with Crippen molar-refractivity contribution < 1.29 is 17.9 Å². The van der Waals surface area contributed by atoms with Crippen molar-refractivity contribution in [2.45, 2.75) is 59.1 Å². The standard InChI is InChI=1S/C15H30N2O4S/c1-12(2)17(14(18)21-15(3,4)5)11-13-8-7-9-16(10-13)22(6,19)20/h12-13H,7-11H2,1-6H3. The number of carbonyl (C=O) groups excluding carboxylic acids is 1. The SMILES string of the molecule is CC(C)N(CC1CCCN(S(C)(=O)=O)C1)C(=O)OC(C)(C)C. The van der Waals surface area contributed by atoms with E-state index < -0.39 is 15.6 Å². The Morgan fingerprint density at radius 3 is 2.41 bits per heavy atom. The summed E-state index contributed by atoms with van der Waals surface area (Å²) in [5, 5.41) is 0. The van der Waals surface area contributed by atoms with Crippen molar-refractivity contribution in [3.8, 4) is 0 Å². The highest BCUT2D eigenvalue weighted by atomic mass is 32.2. The monoisotopic (exact) mass is 334 g/mol. The minimum absolute atomic E-state index is 0.0171. The summed E-state index contributed by atoms with van der Waals surface area (Å²) >= 11 is 0. The first-order valence-electron chi connectivity index (χ1n) is 7.85. The Morgan fingerprint density at radius 1 is 1.36 bits per heavy atom. The van der Waals surface area contributed by atoms with Gasteiger partial charge in [0, 0.05) is 25.7 Å². The molecule has 0 aromatic heterocycles. The highest BCUT2D eigenvalue weighted by Crippen LogP contribution is 2.22. The summed E-state index contributed by atoms with van der Waals surface area (Å²) in [5.41, 5.74) is -0.532. The summed E-state index contributed by atoms with van der Waals surface area (Å²) in [4.78, 5) is 14.0. The first-order chi connectivity index (χ1) is 9.90. The van der Waals surface area contributed by atoms with Crippen LogP contribution >= 0.6 is 0 Å². The van der Waals surface area contributed by atoms with E-state index in [1.165, 1.54) is 10.6 Å². The number of hydrogen-bond donors (Lipinski definition) is 0. The van der Waals surface area contributed by atoms with Gasteiger partial charge in [-0.2, -0.15) is 0 Å². The van der Waals surface area contributed by atoms with Gasteiger partial charge in [0.25, 0.3) is 0 Å². The van der Waals surface area contributed by atoms with Crippen molar-refractivity contribution >= 4 is 16.1 Å². The zero-order valence-electron chi connectivity index (χ0n) is 14.6. The maximum Gasteiger partial charge on any atom is 0.410 e. The molecule has 22 heavy (non-hydrogen) atoms. The third-order valence-electron chi connectivity index (χ3n) is 3.66. The largest absolute Gasteiger partial charge is 0.444 e. The Morgan fingerprint density at radius 2 is 1.95 bits per heavy atom. The molecule has 1 atom stereocenters. The van der Waals surface area contributed by atoms with E-state index in [1.807, 2.05) is 34.6 Å². The van der Waals surface area contributed by atoms with E-state index in [4.69, 9.17) is 4.74 Å². The zero-order valence-corrected chi connectivity index (χ0v) is 15.4. The van der Waals surface area contributed by atoms with Gasteiger partial charge in [0.15, 0.2) is 0 Å². The smallest absolute Gasteiger partial charge is 0.410 e. The molecule has 1 saturated heterocycles. The van der Waals surface area contributed by atoms with Crippen LogP contribution in [0.3, 0.4) is 0 Å². The number of sulfonamides is 1. The van der Waals surface area contributed by atoms with Gasteiger partial charge >= 0.3 is 6.09 Å². The summed E-state index contributed by atoms with van der Waals surface area (Å²) in [5.74, 6) is 0.151. The van der Waals surface area contributed by atoms with Crippen LogP contribution in [0.1, 0.15) is 47.5 Å². The van der Waals surface area contributed by atoms with Crippen molar-refractivity contribution in [2.75, 3.05) is 25.9 Å². The summed E-state index contributed by atoms with van der Waals surface area (Å²) in [6, 6.07) is 0.0171. The van der Waals surface area contributed by atoms with Crippen molar-refractivity contribution in [2.24, 2.45) is 5.92 Å². The molecule has 0 aliphatic carbocycles. The lowest BCUT2D eigenvalue weighted by Gasteiger charge is -2.36. The molecule has 1 fully saturated rings. The molecule has 6 nitrogen and oxygen atoms in total. The molecule has 1 aliphatic rings. The molecule has 1 rings (SSSR count). The van der Waals surface area contributed by atoms with E-state index >= 15 is 0 Å². The van der Waals surface area contributed by atoms with Gasteiger partial charge in [-0.3, -0.25) is 0 Å². The summed E-state index contributed by atoms with van der Waals surface area (Å²) in [6.45, 7) is 11.0. The molecule has 1 amide bonds. The topological polar surface area (TPSA) is 66.9 Å². The second kappa shape index (κ2) is 7.17. The van der Waals surface area contributed by atoms with Crippen molar-refractivity contribution in [3.63, 3.8) is 0 Å². The van der Waals surface area contributed by atoms with Gasteiger partial charge in [0.05, 0.1) is 6.26 Å². The molecule has 0 aromatic carbocycles. The molecule has 0 N–H and O–H groups in total. The molecule has 1 aliphatic heterocycles. The minimum Gasteiger partial charge on any atom is -0.444 e. The highest BCUT2D eigenvalue weighted by molar-refractivity contribution is 7.88. The fourth-order valence-electron chi connectivity index (χ4n) is 2.57. The van der Waals surface area contributed by atoms with Crippen molar-refractivity contribution in [3.05, 3.63) is 0 Å². The molecule has 0 radical (unpaired) electrons. The molecule has 7 heteroatoms. The molecular weight excluding hydrogens is 304 g/mol. The fraction of sp³-hybridized carbons (Fsp3) is 0.933. The zero-order chi connectivity index (χ0) is 17.1. The van der Waals surface area contributed by atoms with Gasteiger partial charge in [0.2, 0.25) is 10.0 Å². The summed E-state index contributed by atoms with van der Waals surface area (Å²) < 4.78 is 30.3. The van der Waals surface area contributed by atoms with Gasteiger partial charge in [-0.15, -0.1) is 0 Å². The Kier molecular flexibility index (Phi) is 6.27. The fourth-order valence-corrected chi connectivity index (χ4v) is 3.51. The molecule has 0 bridgehead atoms. The number of nitrogens with zero attached hydrogens (tertiary/aromatic N) is 2. The van der Waals surface area contributed by atoms with E-state index in [0.717, 1.165) is 12.8 Å². The van der Waals surface area contributed by atoms with Crippen LogP contribution in [0, 0.1) is 5.92 Å². The Labute approximate surface area is 134 Å². The Hall–Kier alpha value is -0.820. The van der Waals surface area contributed by atoms with Gasteiger partial charge in [0.1, 0.15) is 5.60 Å². The lowest BCUT2D eigenvalue weighted by Crippen LogP contribution is -2.47. The molecule has 0 saturated carbocycles. The molecule has 0 spiro atoms. The summed E-state index contributed by atoms with van der Waals surface area (Å²) in [6.07, 6.45) is 2.67. The molecule has 1 heterocycles. The average Bonchev–Trinajstić information content (AvgIpc) is 2.32. The van der Waals surface area contributed by atoms with Crippen LogP contribution in [-0.4, -0.2) is 61.2 Å². The number of amides is 1. The van der Waals surface area contributed by atoms with E-state index in [2.05, 4.69) is 0 Å². The first kappa shape index (κ1) is 19.2. The number of hydrogen-bond acceptors (Lipinski definition) is 4. The van der Waals surface area contributed by atoms with E-state index in [-0.39, 0.29) is 18.1 Å². The first-order valence-corrected chi connectivity index (χ1v) is 9.69. The Balaban J connectivity index is 2.73. The second-order valence-electron chi connectivity index (χ2n) is 7.36. The maximum absolute atomic E-state index is 12.3. The van der Waals surface area contributed by atoms with Crippen LogP contribution in [0.5, 0.6) is 0 Å². The van der Waals surface area contributed by atoms with Gasteiger partial charge in [-0.1, -0.05) is 0 Å². The van der Waals surface area contributed by atoms with Crippen LogP contribution in [0.2, 0.25) is 0 Å². The number of piperidine rings is 1. The molecule has 0 aromatic rings. The van der Waals surface area contributed by atoms with Crippen LogP contribution < -0.4 is 0 Å². The molecule has 1 unspecified atom stereocenters. The minimum atomic E-state index is -3.17. The number of rotatable bonds is 4. The molecule has 130 valence electrons. The van der Waals surface area contributed by atoms with E-state index in [0.29, 0.717) is 19.6 Å². The van der Waals surface area contributed by atoms with Crippen LogP contribution in [0.15, 0.2) is 0 Å². The average molecular weight is 334 g/mol. The van der Waals surface area contributed by atoms with Gasteiger partial charge in [-0.05, 0) is 53.4 Å². The predicted molar refractivity (Wildman–Crippen MR) is 87.2 cm³/mol. The highest BCUT2D eigenvalue weighted by Gasteiger charge is 2.31. The van der Waals surface area contributed by atoms with Crippen molar-refractivity contribution in [1.29, 1.82) is 0 Å². The van der Waals surface area contributed by atoms with Crippen LogP contribution in [-0.2, 0) is 14.8 Å². The third-order valence-corrected chi connectivity index (χ3v) is 4.93. The lowest BCUT2D eigenvalue weighted by molar-refractivity contribution is 0.0138. The predicted octanol–water partition coefficient (Wildman–Crippen LogP) is 2.30. The third kappa shape index (κ3) is 6.12. The van der Waals surface area contributed by atoms with Gasteiger partial charge < -0.3 is 9.64 Å². The second-order valence-corrected chi connectivity index (χ2v) is 9.34. The number of carbonyl (C=O) groups is 1. The number of ether oxygens (including phenoxy) is 1. The van der Waals surface area contributed by atoms with E-state index in [9.17, 15) is 13.2 Å². The Bertz CT molecular complexity index is 482. The van der Waals surface area contributed by atoms with Crippen LogP contribution in [0.4, 0.5) is 4.79 Å². The summed E-state index contributed by atoms with van der Waals surface area (Å²) in [7, 11) is -3.17. The lowest BCUT2D eigenvalue weighted by atomic mass is 9.98. The van der Waals surface area contributed by atoms with Crippen LogP contribution in [0.25, 0.3) is 0 Å².